The van der Waals surface area contributed by atoms with Crippen LogP contribution < -0.4 is 5.32 Å². The van der Waals surface area contributed by atoms with Gasteiger partial charge in [-0.2, -0.15) is 0 Å². The van der Waals surface area contributed by atoms with E-state index in [2.05, 4.69) is 22.3 Å². The van der Waals surface area contributed by atoms with Gasteiger partial charge in [-0.15, -0.1) is 0 Å². The molecule has 2 heterocycles. The lowest BCUT2D eigenvalue weighted by atomic mass is 10.0. The van der Waals surface area contributed by atoms with Crippen molar-refractivity contribution >= 4 is 11.6 Å². The fourth-order valence-electron chi connectivity index (χ4n) is 3.32. The molecule has 1 N–H and O–H groups in total. The molecule has 0 unspecified atom stereocenters. The second kappa shape index (κ2) is 6.90. The molecule has 2 fully saturated rings. The Labute approximate surface area is 126 Å². The van der Waals surface area contributed by atoms with Gasteiger partial charge in [0.15, 0.2) is 0 Å². The number of hydrogen-bond donors (Lipinski definition) is 1. The molecule has 4 heteroatoms. The average Bonchev–Trinajstić information content (AvgIpc) is 3.01. The van der Waals surface area contributed by atoms with E-state index in [0.29, 0.717) is 12.1 Å². The minimum absolute atomic E-state index is 0.630. The Morgan fingerprint density at radius 3 is 2.65 bits per heavy atom. The van der Waals surface area contributed by atoms with Crippen LogP contribution in [-0.4, -0.2) is 43.3 Å². The molecule has 0 aliphatic carbocycles. The van der Waals surface area contributed by atoms with Crippen molar-refractivity contribution in [2.24, 2.45) is 0 Å². The Hall–Kier alpha value is -0.610. The van der Waals surface area contributed by atoms with Crippen molar-refractivity contribution < 1.29 is 4.74 Å². The first-order valence-corrected chi connectivity index (χ1v) is 8.00. The first-order chi connectivity index (χ1) is 9.84. The van der Waals surface area contributed by atoms with E-state index in [9.17, 15) is 0 Å². The maximum Gasteiger partial charge on any atom is 0.0480 e. The highest BCUT2D eigenvalue weighted by atomic mass is 35.5. The Kier molecular flexibility index (Phi) is 4.94. The molecule has 0 saturated carbocycles. The van der Waals surface area contributed by atoms with Crippen LogP contribution in [0.3, 0.4) is 0 Å². The summed E-state index contributed by atoms with van der Waals surface area (Å²) in [5.41, 5.74) is 1.24. The summed E-state index contributed by atoms with van der Waals surface area (Å²) < 4.78 is 5.52. The second-order valence-electron chi connectivity index (χ2n) is 5.75. The molecule has 0 aromatic heterocycles. The number of nitrogens with zero attached hydrogens (tertiary/aromatic N) is 1. The van der Waals surface area contributed by atoms with Gasteiger partial charge in [-0.3, -0.25) is 4.90 Å². The molecular weight excluding hydrogens is 272 g/mol. The first-order valence-electron chi connectivity index (χ1n) is 7.62. The Morgan fingerprint density at radius 2 is 1.95 bits per heavy atom. The number of ether oxygens (including phenoxy) is 1. The van der Waals surface area contributed by atoms with Crippen molar-refractivity contribution in [1.29, 1.82) is 0 Å². The molecule has 3 nitrogen and oxygen atoms in total. The molecule has 20 heavy (non-hydrogen) atoms. The van der Waals surface area contributed by atoms with Crippen LogP contribution in [-0.2, 0) is 11.3 Å². The van der Waals surface area contributed by atoms with Gasteiger partial charge in [-0.25, -0.2) is 0 Å². The summed E-state index contributed by atoms with van der Waals surface area (Å²) in [6, 6.07) is 9.49. The largest absolute Gasteiger partial charge is 0.381 e. The van der Waals surface area contributed by atoms with Crippen LogP contribution in [0.15, 0.2) is 24.3 Å². The number of rotatable bonds is 4. The van der Waals surface area contributed by atoms with Crippen molar-refractivity contribution in [2.75, 3.05) is 26.3 Å². The van der Waals surface area contributed by atoms with Gasteiger partial charge in [0, 0.05) is 43.4 Å². The van der Waals surface area contributed by atoms with E-state index in [-0.39, 0.29) is 0 Å². The zero-order valence-electron chi connectivity index (χ0n) is 11.9. The second-order valence-corrected chi connectivity index (χ2v) is 6.16. The lowest BCUT2D eigenvalue weighted by molar-refractivity contribution is 0.0159. The fourth-order valence-corrected chi connectivity index (χ4v) is 3.51. The van der Waals surface area contributed by atoms with Crippen molar-refractivity contribution in [1.82, 2.24) is 10.2 Å². The van der Waals surface area contributed by atoms with Gasteiger partial charge >= 0.3 is 0 Å². The molecule has 0 radical (unpaired) electrons. The number of benzene rings is 1. The predicted octanol–water partition coefficient (Wildman–Crippen LogP) is 2.68. The fraction of sp³-hybridized carbons (Fsp3) is 0.625. The molecule has 1 aromatic carbocycles. The summed E-state index contributed by atoms with van der Waals surface area (Å²) in [6.45, 7) is 4.97. The molecule has 0 bridgehead atoms. The SMILES string of the molecule is Clc1ccccc1CN(C1CCOCC1)[C@H]1CCNC1. The van der Waals surface area contributed by atoms with Crippen LogP contribution in [0.2, 0.25) is 5.02 Å². The average molecular weight is 295 g/mol. The van der Waals surface area contributed by atoms with Crippen LogP contribution in [0.4, 0.5) is 0 Å². The highest BCUT2D eigenvalue weighted by Gasteiger charge is 2.30. The van der Waals surface area contributed by atoms with Gasteiger partial charge < -0.3 is 10.1 Å². The third kappa shape index (κ3) is 3.34. The zero-order valence-corrected chi connectivity index (χ0v) is 12.6. The maximum atomic E-state index is 6.35. The molecule has 2 saturated heterocycles. The van der Waals surface area contributed by atoms with Crippen molar-refractivity contribution in [3.05, 3.63) is 34.9 Å². The molecule has 0 amide bonds. The zero-order chi connectivity index (χ0) is 13.8. The van der Waals surface area contributed by atoms with Crippen molar-refractivity contribution in [2.45, 2.75) is 37.9 Å². The Morgan fingerprint density at radius 1 is 1.15 bits per heavy atom. The van der Waals surface area contributed by atoms with E-state index in [1.165, 1.54) is 12.0 Å². The summed E-state index contributed by atoms with van der Waals surface area (Å²) in [5, 5.41) is 4.37. The highest BCUT2D eigenvalue weighted by Crippen LogP contribution is 2.25. The molecule has 1 aromatic rings. The smallest absolute Gasteiger partial charge is 0.0480 e. The normalized spacial score (nSPS) is 24.4. The summed E-state index contributed by atoms with van der Waals surface area (Å²) in [6.07, 6.45) is 3.52. The van der Waals surface area contributed by atoms with Crippen molar-refractivity contribution in [3.8, 4) is 0 Å². The molecule has 2 aliphatic heterocycles. The minimum Gasteiger partial charge on any atom is -0.381 e. The van der Waals surface area contributed by atoms with Crippen LogP contribution in [0, 0.1) is 0 Å². The van der Waals surface area contributed by atoms with E-state index in [1.807, 2.05) is 12.1 Å². The number of nitrogens with one attached hydrogen (secondary N) is 1. The van der Waals surface area contributed by atoms with E-state index >= 15 is 0 Å². The summed E-state index contributed by atoms with van der Waals surface area (Å²) in [7, 11) is 0. The lowest BCUT2D eigenvalue weighted by Gasteiger charge is -2.38. The standard InChI is InChI=1S/C16H23ClN2O/c17-16-4-2-1-3-13(16)12-19(15-5-8-18-11-15)14-6-9-20-10-7-14/h1-4,14-15,18H,5-12H2/t15-/m0/s1. The van der Waals surface area contributed by atoms with Gasteiger partial charge in [0.25, 0.3) is 0 Å². The third-order valence-electron chi connectivity index (χ3n) is 4.47. The topological polar surface area (TPSA) is 24.5 Å². The van der Waals surface area contributed by atoms with Gasteiger partial charge in [-0.1, -0.05) is 29.8 Å². The van der Waals surface area contributed by atoms with Gasteiger partial charge in [-0.05, 0) is 37.4 Å². The predicted molar refractivity (Wildman–Crippen MR) is 82.1 cm³/mol. The van der Waals surface area contributed by atoms with Crippen LogP contribution in [0.1, 0.15) is 24.8 Å². The first kappa shape index (κ1) is 14.3. The molecule has 0 spiro atoms. The molecule has 3 rings (SSSR count). The molecule has 1 atom stereocenters. The number of hydrogen-bond acceptors (Lipinski definition) is 3. The van der Waals surface area contributed by atoms with Gasteiger partial charge in [0.05, 0.1) is 0 Å². The van der Waals surface area contributed by atoms with E-state index < -0.39 is 0 Å². The van der Waals surface area contributed by atoms with E-state index in [1.54, 1.807) is 0 Å². The maximum absolute atomic E-state index is 6.35. The summed E-state index contributed by atoms with van der Waals surface area (Å²) >= 11 is 6.35. The monoisotopic (exact) mass is 294 g/mol. The Bertz CT molecular complexity index is 428. The van der Waals surface area contributed by atoms with Gasteiger partial charge in [0.2, 0.25) is 0 Å². The van der Waals surface area contributed by atoms with Gasteiger partial charge in [0.1, 0.15) is 0 Å². The van der Waals surface area contributed by atoms with E-state index in [4.69, 9.17) is 16.3 Å². The lowest BCUT2D eigenvalue weighted by Crippen LogP contribution is -2.46. The van der Waals surface area contributed by atoms with Crippen molar-refractivity contribution in [3.63, 3.8) is 0 Å². The van der Waals surface area contributed by atoms with Crippen LogP contribution in [0.5, 0.6) is 0 Å². The number of halogens is 1. The Balaban J connectivity index is 1.75. The molecule has 2 aliphatic rings. The summed E-state index contributed by atoms with van der Waals surface area (Å²) in [4.78, 5) is 2.66. The van der Waals surface area contributed by atoms with Crippen LogP contribution >= 0.6 is 11.6 Å². The quantitative estimate of drug-likeness (QED) is 0.924. The molecular formula is C16H23ClN2O. The van der Waals surface area contributed by atoms with Crippen LogP contribution in [0.25, 0.3) is 0 Å². The van der Waals surface area contributed by atoms with E-state index in [0.717, 1.165) is 50.7 Å². The highest BCUT2D eigenvalue weighted by molar-refractivity contribution is 6.31. The minimum atomic E-state index is 0.630. The third-order valence-corrected chi connectivity index (χ3v) is 4.84. The molecule has 110 valence electrons. The summed E-state index contributed by atoms with van der Waals surface area (Å²) in [5.74, 6) is 0.